The molecule has 0 spiro atoms. The van der Waals surface area contributed by atoms with Crippen LogP contribution in [0.2, 0.25) is 0 Å². The molecular weight excluding hydrogens is 248 g/mol. The maximum Gasteiger partial charge on any atom is 0.239 e. The number of carbonyl (C=O) groups is 1. The van der Waals surface area contributed by atoms with Gasteiger partial charge in [0, 0.05) is 13.1 Å². The van der Waals surface area contributed by atoms with Gasteiger partial charge in [-0.2, -0.15) is 0 Å². The van der Waals surface area contributed by atoms with Crippen LogP contribution in [-0.2, 0) is 11.2 Å². The molecule has 1 heterocycles. The first-order valence-electron chi connectivity index (χ1n) is 7.82. The zero-order valence-corrected chi connectivity index (χ0v) is 12.0. The lowest BCUT2D eigenvalue weighted by atomic mass is 10.0. The molecule has 1 aromatic rings. The number of nitrogens with zero attached hydrogens (tertiary/aromatic N) is 1. The molecule has 0 radical (unpaired) electrons. The fourth-order valence-corrected chi connectivity index (χ4v) is 3.74. The minimum absolute atomic E-state index is 0.162. The number of hydrogen-bond donors (Lipinski definition) is 1. The molecule has 1 aromatic carbocycles. The number of hydrogen-bond acceptors (Lipinski definition) is 2. The normalized spacial score (nSPS) is 26.6. The zero-order valence-electron chi connectivity index (χ0n) is 12.0. The predicted octanol–water partition coefficient (Wildman–Crippen LogP) is 2.21. The molecule has 3 heteroatoms. The van der Waals surface area contributed by atoms with Crippen molar-refractivity contribution in [2.45, 2.75) is 38.1 Å². The lowest BCUT2D eigenvalue weighted by Gasteiger charge is -2.21. The molecule has 2 aliphatic rings. The molecule has 20 heavy (non-hydrogen) atoms. The maximum absolute atomic E-state index is 12.4. The van der Waals surface area contributed by atoms with Gasteiger partial charge < -0.3 is 10.6 Å². The van der Waals surface area contributed by atoms with Gasteiger partial charge in [0.05, 0.1) is 6.04 Å². The molecular formula is C17H24N2O. The van der Waals surface area contributed by atoms with Crippen LogP contribution in [0.25, 0.3) is 0 Å². The first-order chi connectivity index (χ1) is 9.74. The van der Waals surface area contributed by atoms with E-state index in [1.807, 2.05) is 23.1 Å². The van der Waals surface area contributed by atoms with Gasteiger partial charge in [-0.1, -0.05) is 36.8 Å². The highest BCUT2D eigenvalue weighted by molar-refractivity contribution is 5.82. The summed E-state index contributed by atoms with van der Waals surface area (Å²) < 4.78 is 0. The number of fused-ring (bicyclic) bond motifs is 1. The zero-order chi connectivity index (χ0) is 13.9. The molecule has 3 atom stereocenters. The Morgan fingerprint density at radius 3 is 2.50 bits per heavy atom. The summed E-state index contributed by atoms with van der Waals surface area (Å²) >= 11 is 0. The van der Waals surface area contributed by atoms with Crippen LogP contribution in [0.5, 0.6) is 0 Å². The highest BCUT2D eigenvalue weighted by Crippen LogP contribution is 2.37. The second kappa shape index (κ2) is 5.96. The van der Waals surface area contributed by atoms with E-state index < -0.39 is 0 Å². The van der Waals surface area contributed by atoms with Crippen molar-refractivity contribution in [3.05, 3.63) is 35.9 Å². The van der Waals surface area contributed by atoms with Gasteiger partial charge in [0.1, 0.15) is 0 Å². The van der Waals surface area contributed by atoms with Crippen molar-refractivity contribution in [1.82, 2.24) is 4.90 Å². The first-order valence-corrected chi connectivity index (χ1v) is 7.82. The minimum atomic E-state index is -0.339. The summed E-state index contributed by atoms with van der Waals surface area (Å²) in [6, 6.07) is 9.93. The summed E-state index contributed by atoms with van der Waals surface area (Å²) in [4.78, 5) is 14.4. The van der Waals surface area contributed by atoms with Crippen molar-refractivity contribution in [2.24, 2.45) is 17.6 Å². The van der Waals surface area contributed by atoms with E-state index >= 15 is 0 Å². The Bertz CT molecular complexity index is 447. The predicted molar refractivity (Wildman–Crippen MR) is 80.1 cm³/mol. The number of benzene rings is 1. The van der Waals surface area contributed by atoms with Gasteiger partial charge in [-0.3, -0.25) is 4.79 Å². The summed E-state index contributed by atoms with van der Waals surface area (Å²) in [6.45, 7) is 1.89. The van der Waals surface area contributed by atoms with Crippen molar-refractivity contribution in [3.63, 3.8) is 0 Å². The third-order valence-electron chi connectivity index (χ3n) is 4.94. The smallest absolute Gasteiger partial charge is 0.239 e. The van der Waals surface area contributed by atoms with Crippen LogP contribution in [0.15, 0.2) is 30.3 Å². The maximum atomic E-state index is 12.4. The molecule has 3 unspecified atom stereocenters. The van der Waals surface area contributed by atoms with E-state index in [0.29, 0.717) is 0 Å². The van der Waals surface area contributed by atoms with Crippen molar-refractivity contribution in [1.29, 1.82) is 0 Å². The molecule has 1 amide bonds. The van der Waals surface area contributed by atoms with Gasteiger partial charge in [-0.05, 0) is 43.1 Å². The van der Waals surface area contributed by atoms with Gasteiger partial charge in [-0.25, -0.2) is 0 Å². The topological polar surface area (TPSA) is 46.3 Å². The van der Waals surface area contributed by atoms with Crippen LogP contribution >= 0.6 is 0 Å². The summed E-state index contributed by atoms with van der Waals surface area (Å²) in [6.07, 6.45) is 5.57. The van der Waals surface area contributed by atoms with Crippen LogP contribution < -0.4 is 5.73 Å². The van der Waals surface area contributed by atoms with Gasteiger partial charge in [0.2, 0.25) is 5.91 Å². The van der Waals surface area contributed by atoms with Gasteiger partial charge in [0.15, 0.2) is 0 Å². The van der Waals surface area contributed by atoms with E-state index in [-0.39, 0.29) is 11.9 Å². The third-order valence-corrected chi connectivity index (χ3v) is 4.94. The Hall–Kier alpha value is -1.35. The molecule has 2 fully saturated rings. The molecule has 0 aromatic heterocycles. The van der Waals surface area contributed by atoms with E-state index in [9.17, 15) is 4.79 Å². The average Bonchev–Trinajstić information content (AvgIpc) is 3.06. The van der Waals surface area contributed by atoms with Crippen molar-refractivity contribution in [2.75, 3.05) is 13.1 Å². The molecule has 3 nitrogen and oxygen atoms in total. The van der Waals surface area contributed by atoms with E-state index in [1.165, 1.54) is 24.8 Å². The van der Waals surface area contributed by atoms with Gasteiger partial charge >= 0.3 is 0 Å². The number of aryl methyl sites for hydroxylation is 1. The van der Waals surface area contributed by atoms with Crippen LogP contribution in [0.3, 0.4) is 0 Å². The first kappa shape index (κ1) is 13.6. The number of nitrogens with two attached hydrogens (primary N) is 1. The Labute approximate surface area is 121 Å². The fraction of sp³-hybridized carbons (Fsp3) is 0.588. The van der Waals surface area contributed by atoms with E-state index in [1.54, 1.807) is 0 Å². The van der Waals surface area contributed by atoms with E-state index in [0.717, 1.165) is 37.8 Å². The van der Waals surface area contributed by atoms with E-state index in [4.69, 9.17) is 5.73 Å². The van der Waals surface area contributed by atoms with Crippen molar-refractivity contribution in [3.8, 4) is 0 Å². The van der Waals surface area contributed by atoms with Crippen molar-refractivity contribution >= 4 is 5.91 Å². The lowest BCUT2D eigenvalue weighted by Crippen LogP contribution is -2.43. The number of rotatable bonds is 4. The minimum Gasteiger partial charge on any atom is -0.341 e. The molecule has 1 saturated heterocycles. The second-order valence-corrected chi connectivity index (χ2v) is 6.33. The average molecular weight is 272 g/mol. The van der Waals surface area contributed by atoms with Gasteiger partial charge in [-0.15, -0.1) is 0 Å². The standard InChI is InChI=1S/C17H24N2O/c18-16(10-9-13-5-2-1-3-6-13)17(20)19-11-14-7-4-8-15(14)12-19/h1-3,5-6,14-16H,4,7-12,18H2. The van der Waals surface area contributed by atoms with Crippen LogP contribution in [-0.4, -0.2) is 29.9 Å². The lowest BCUT2D eigenvalue weighted by molar-refractivity contribution is -0.132. The number of carbonyl (C=O) groups excluding carboxylic acids is 1. The molecule has 3 rings (SSSR count). The Balaban J connectivity index is 1.50. The molecule has 1 aliphatic heterocycles. The van der Waals surface area contributed by atoms with Crippen LogP contribution in [0.1, 0.15) is 31.2 Å². The van der Waals surface area contributed by atoms with Crippen LogP contribution in [0, 0.1) is 11.8 Å². The third kappa shape index (κ3) is 2.88. The summed E-state index contributed by atoms with van der Waals surface area (Å²) in [5.41, 5.74) is 7.36. The van der Waals surface area contributed by atoms with Gasteiger partial charge in [0.25, 0.3) is 0 Å². The molecule has 108 valence electrons. The molecule has 1 saturated carbocycles. The number of amides is 1. The Morgan fingerprint density at radius 2 is 1.85 bits per heavy atom. The van der Waals surface area contributed by atoms with Crippen LogP contribution in [0.4, 0.5) is 0 Å². The molecule has 2 N–H and O–H groups in total. The SMILES string of the molecule is NC(CCc1ccccc1)C(=O)N1CC2CCCC2C1. The largest absolute Gasteiger partial charge is 0.341 e. The number of likely N-dealkylation sites (tertiary alicyclic amines) is 1. The fourth-order valence-electron chi connectivity index (χ4n) is 3.74. The quantitative estimate of drug-likeness (QED) is 0.913. The Kier molecular flexibility index (Phi) is 4.06. The Morgan fingerprint density at radius 1 is 1.20 bits per heavy atom. The molecule has 1 aliphatic carbocycles. The highest BCUT2D eigenvalue weighted by Gasteiger charge is 2.38. The highest BCUT2D eigenvalue weighted by atomic mass is 16.2. The monoisotopic (exact) mass is 272 g/mol. The van der Waals surface area contributed by atoms with E-state index in [2.05, 4.69) is 12.1 Å². The second-order valence-electron chi connectivity index (χ2n) is 6.33. The molecule has 0 bridgehead atoms. The summed E-state index contributed by atoms with van der Waals surface area (Å²) in [5.74, 6) is 1.66. The summed E-state index contributed by atoms with van der Waals surface area (Å²) in [5, 5.41) is 0. The van der Waals surface area contributed by atoms with Crippen molar-refractivity contribution < 1.29 is 4.79 Å². The summed E-state index contributed by atoms with van der Waals surface area (Å²) in [7, 11) is 0.